The molecule has 53 heavy (non-hydrogen) atoms. The van der Waals surface area contributed by atoms with Crippen LogP contribution in [0.5, 0.6) is 5.75 Å². The van der Waals surface area contributed by atoms with Crippen LogP contribution >= 0.6 is 0 Å². The lowest BCUT2D eigenvalue weighted by Crippen LogP contribution is -2.44. The Morgan fingerprint density at radius 3 is 2.57 bits per heavy atom. The molecule has 2 atom stereocenters. The molecule has 0 radical (unpaired) electrons. The highest BCUT2D eigenvalue weighted by atomic mass is 16.6. The maximum absolute atomic E-state index is 13.8. The van der Waals surface area contributed by atoms with Gasteiger partial charge in [0.1, 0.15) is 30.6 Å². The van der Waals surface area contributed by atoms with Crippen LogP contribution in [0.3, 0.4) is 0 Å². The molecule has 4 aromatic rings. The summed E-state index contributed by atoms with van der Waals surface area (Å²) in [5.74, 6) is -0.351. The monoisotopic (exact) mass is 723 g/mol. The summed E-state index contributed by atoms with van der Waals surface area (Å²) in [6.07, 6.45) is 1.96. The van der Waals surface area contributed by atoms with Crippen molar-refractivity contribution in [3.63, 3.8) is 0 Å². The summed E-state index contributed by atoms with van der Waals surface area (Å²) >= 11 is 0. The highest BCUT2D eigenvalue weighted by molar-refractivity contribution is 5.96. The number of nitrogens with zero attached hydrogens (tertiary/aromatic N) is 2. The van der Waals surface area contributed by atoms with Crippen LogP contribution in [-0.2, 0) is 63.8 Å². The predicted molar refractivity (Wildman–Crippen MR) is 198 cm³/mol. The largest absolute Gasteiger partial charge is 0.489 e. The number of amides is 2. The number of aromatic nitrogens is 2. The Labute approximate surface area is 307 Å². The fourth-order valence-electron chi connectivity index (χ4n) is 7.58. The summed E-state index contributed by atoms with van der Waals surface area (Å²) in [6.45, 7) is 9.58. The van der Waals surface area contributed by atoms with Crippen molar-refractivity contribution in [3.05, 3.63) is 85.7 Å². The summed E-state index contributed by atoms with van der Waals surface area (Å²) in [5.41, 5.74) is 5.55. The zero-order valence-corrected chi connectivity index (χ0v) is 30.9. The molecule has 7 rings (SSSR count). The number of aryl methyl sites for hydroxylation is 2. The third-order valence-corrected chi connectivity index (χ3v) is 10.2. The number of rotatable bonds is 9. The zero-order chi connectivity index (χ0) is 37.8. The third-order valence-electron chi connectivity index (χ3n) is 10.2. The SMILES string of the molecule is CC[C@@]1(O)C(=O)OCc2c1cc1n(c2=O)Cc2c-1nc1ccc(OCc3ccc(NC(=O)[C@H](C)NC(=O)OC(C)(C)C)cc3CNC)c3c1c2CCC3. The number of pyridine rings is 2. The minimum Gasteiger partial charge on any atom is -0.489 e. The Hall–Kier alpha value is -5.27. The third kappa shape index (κ3) is 6.52. The van der Waals surface area contributed by atoms with Crippen LogP contribution in [0.1, 0.15) is 86.4 Å². The highest BCUT2D eigenvalue weighted by Crippen LogP contribution is 2.44. The van der Waals surface area contributed by atoms with Crippen molar-refractivity contribution >= 4 is 34.6 Å². The first-order valence-electron chi connectivity index (χ1n) is 18.1. The number of carbonyl (C=O) groups excluding carboxylic acids is 3. The second kappa shape index (κ2) is 13.6. The van der Waals surface area contributed by atoms with E-state index in [1.54, 1.807) is 45.3 Å². The van der Waals surface area contributed by atoms with Gasteiger partial charge in [-0.25, -0.2) is 14.6 Å². The number of hydrogen-bond acceptors (Lipinski definition) is 10. The summed E-state index contributed by atoms with van der Waals surface area (Å²) in [6, 6.07) is 10.5. The smallest absolute Gasteiger partial charge is 0.408 e. The zero-order valence-electron chi connectivity index (χ0n) is 30.9. The summed E-state index contributed by atoms with van der Waals surface area (Å²) in [5, 5.41) is 20.9. The molecule has 0 bridgehead atoms. The maximum atomic E-state index is 13.8. The number of anilines is 1. The quantitative estimate of drug-likeness (QED) is 0.156. The molecule has 4 heterocycles. The summed E-state index contributed by atoms with van der Waals surface area (Å²) < 4.78 is 18.7. The fourth-order valence-corrected chi connectivity index (χ4v) is 7.58. The predicted octanol–water partition coefficient (Wildman–Crippen LogP) is 4.72. The van der Waals surface area contributed by atoms with Crippen molar-refractivity contribution in [2.45, 2.75) is 104 Å². The van der Waals surface area contributed by atoms with Crippen LogP contribution in [0.2, 0.25) is 0 Å². The van der Waals surface area contributed by atoms with Crippen LogP contribution in [-0.4, -0.2) is 51.3 Å². The van der Waals surface area contributed by atoms with Crippen molar-refractivity contribution in [1.29, 1.82) is 0 Å². The molecule has 4 N–H and O–H groups in total. The van der Waals surface area contributed by atoms with Gasteiger partial charge >= 0.3 is 12.1 Å². The van der Waals surface area contributed by atoms with Gasteiger partial charge in [0.15, 0.2) is 5.60 Å². The van der Waals surface area contributed by atoms with Gasteiger partial charge in [-0.3, -0.25) is 9.59 Å². The Morgan fingerprint density at radius 2 is 1.83 bits per heavy atom. The maximum Gasteiger partial charge on any atom is 0.408 e. The highest BCUT2D eigenvalue weighted by Gasteiger charge is 2.45. The number of aliphatic hydroxyl groups is 1. The lowest BCUT2D eigenvalue weighted by molar-refractivity contribution is -0.172. The average molecular weight is 724 g/mol. The van der Waals surface area contributed by atoms with E-state index in [1.807, 2.05) is 37.4 Å². The molecular formula is C40H45N5O8. The number of ether oxygens (including phenoxy) is 3. The van der Waals surface area contributed by atoms with Crippen molar-refractivity contribution in [2.24, 2.45) is 0 Å². The number of fused-ring (bicyclic) bond motifs is 5. The topological polar surface area (TPSA) is 170 Å². The first-order chi connectivity index (χ1) is 25.2. The van der Waals surface area contributed by atoms with E-state index in [0.29, 0.717) is 47.9 Å². The molecule has 13 nitrogen and oxygen atoms in total. The van der Waals surface area contributed by atoms with E-state index < -0.39 is 29.3 Å². The summed E-state index contributed by atoms with van der Waals surface area (Å²) in [4.78, 5) is 56.5. The van der Waals surface area contributed by atoms with Crippen molar-refractivity contribution < 1.29 is 33.7 Å². The Balaban J connectivity index is 1.14. The van der Waals surface area contributed by atoms with Gasteiger partial charge in [0.25, 0.3) is 5.56 Å². The molecule has 3 aliphatic rings. The van der Waals surface area contributed by atoms with Gasteiger partial charge in [-0.2, -0.15) is 0 Å². The number of benzene rings is 2. The van der Waals surface area contributed by atoms with E-state index in [1.165, 1.54) is 0 Å². The van der Waals surface area contributed by atoms with Crippen molar-refractivity contribution in [1.82, 2.24) is 20.2 Å². The number of nitrogens with one attached hydrogen (secondary N) is 3. The lowest BCUT2D eigenvalue weighted by Gasteiger charge is -2.31. The minimum absolute atomic E-state index is 0.0860. The molecule has 0 spiro atoms. The number of alkyl carbamates (subject to hydrolysis) is 1. The van der Waals surface area contributed by atoms with Crippen molar-refractivity contribution in [2.75, 3.05) is 12.4 Å². The number of carbonyl (C=O) groups is 3. The lowest BCUT2D eigenvalue weighted by atomic mass is 9.85. The van der Waals surface area contributed by atoms with E-state index in [4.69, 9.17) is 19.2 Å². The Kier molecular flexibility index (Phi) is 9.27. The van der Waals surface area contributed by atoms with Gasteiger partial charge < -0.3 is 39.8 Å². The van der Waals surface area contributed by atoms with Gasteiger partial charge in [0.2, 0.25) is 5.91 Å². The standard InChI is InChI=1S/C40H45N5O8/c1-7-40(50)29-16-31-34-27(18-45(31)36(47)28(29)20-52-37(40)48)25-9-8-10-26-32(14-13-30(44-34)33(25)26)51-19-22-11-12-24(15-23(22)17-41-6)43-35(46)21(2)42-38(49)53-39(3,4)5/h11-16,21,41,50H,7-10,17-20H2,1-6H3,(H,42,49)(H,43,46)/t21-,40-/m0/s1. The van der Waals surface area contributed by atoms with Crippen LogP contribution in [0.15, 0.2) is 41.2 Å². The molecule has 2 aromatic carbocycles. The normalized spacial score (nSPS) is 17.7. The molecule has 0 unspecified atom stereocenters. The van der Waals surface area contributed by atoms with Gasteiger partial charge in [0.05, 0.1) is 29.0 Å². The molecule has 2 aliphatic heterocycles. The first-order valence-corrected chi connectivity index (χ1v) is 18.1. The second-order valence-corrected chi connectivity index (χ2v) is 15.0. The Morgan fingerprint density at radius 1 is 1.06 bits per heavy atom. The van der Waals surface area contributed by atoms with E-state index in [-0.39, 0.29) is 24.5 Å². The second-order valence-electron chi connectivity index (χ2n) is 15.0. The average Bonchev–Trinajstić information content (AvgIpc) is 3.49. The molecule has 0 saturated heterocycles. The molecular weight excluding hydrogens is 678 g/mol. The fraction of sp³-hybridized carbons (Fsp3) is 0.425. The molecule has 278 valence electrons. The van der Waals surface area contributed by atoms with Crippen LogP contribution in [0, 0.1) is 0 Å². The van der Waals surface area contributed by atoms with E-state index in [2.05, 4.69) is 16.0 Å². The summed E-state index contributed by atoms with van der Waals surface area (Å²) in [7, 11) is 1.85. The van der Waals surface area contributed by atoms with E-state index >= 15 is 0 Å². The van der Waals surface area contributed by atoms with Gasteiger partial charge in [0, 0.05) is 34.3 Å². The first kappa shape index (κ1) is 36.1. The van der Waals surface area contributed by atoms with Crippen LogP contribution in [0.25, 0.3) is 22.3 Å². The molecule has 0 saturated carbocycles. The van der Waals surface area contributed by atoms with Crippen LogP contribution < -0.4 is 26.2 Å². The molecule has 0 fully saturated rings. The van der Waals surface area contributed by atoms with E-state index in [9.17, 15) is 24.3 Å². The van der Waals surface area contributed by atoms with Crippen molar-refractivity contribution in [3.8, 4) is 17.1 Å². The number of esters is 1. The number of cyclic esters (lactones) is 1. The van der Waals surface area contributed by atoms with Gasteiger partial charge in [-0.1, -0.05) is 13.0 Å². The van der Waals surface area contributed by atoms with Crippen LogP contribution in [0.4, 0.5) is 10.5 Å². The van der Waals surface area contributed by atoms with E-state index in [0.717, 1.165) is 63.7 Å². The molecule has 1 aliphatic carbocycles. The molecule has 2 amide bonds. The molecule has 13 heteroatoms. The Bertz CT molecular complexity index is 2240. The minimum atomic E-state index is -1.88. The molecule has 2 aromatic heterocycles. The number of hydrogen-bond donors (Lipinski definition) is 4. The van der Waals surface area contributed by atoms with Gasteiger partial charge in [-0.05, 0) is 107 Å². The van der Waals surface area contributed by atoms with Gasteiger partial charge in [-0.15, -0.1) is 0 Å².